The fourth-order valence-corrected chi connectivity index (χ4v) is 0.409. The summed E-state index contributed by atoms with van der Waals surface area (Å²) in [7, 11) is 3.75. The molecule has 0 aliphatic heterocycles. The standard InChI is InChI=1S/C7H9Br.C2H7N/c1-3-5-6-7(8)4-2;1-3-2/h3-6H,2H2,1H3;3H,1-2H3/b5-3-,7-6+;. The summed E-state index contributed by atoms with van der Waals surface area (Å²) in [5.74, 6) is 0. The second-order valence-electron chi connectivity index (χ2n) is 1.78. The maximum Gasteiger partial charge on any atom is 0.0169 e. The Morgan fingerprint density at radius 1 is 1.45 bits per heavy atom. The average molecular weight is 218 g/mol. The molecule has 0 aliphatic rings. The summed E-state index contributed by atoms with van der Waals surface area (Å²) in [6, 6.07) is 0. The Morgan fingerprint density at radius 3 is 2.18 bits per heavy atom. The van der Waals surface area contributed by atoms with Crippen LogP contribution in [0.15, 0.2) is 35.4 Å². The first-order valence-corrected chi connectivity index (χ1v) is 4.21. The first-order chi connectivity index (χ1) is 5.22. The van der Waals surface area contributed by atoms with Crippen LogP contribution in [0.25, 0.3) is 0 Å². The van der Waals surface area contributed by atoms with Crippen molar-refractivity contribution >= 4 is 15.9 Å². The Kier molecular flexibility index (Phi) is 14.9. The van der Waals surface area contributed by atoms with Crippen LogP contribution in [0.5, 0.6) is 0 Å². The summed E-state index contributed by atoms with van der Waals surface area (Å²) in [6.07, 6.45) is 7.60. The quantitative estimate of drug-likeness (QED) is 0.702. The zero-order valence-electron chi connectivity index (χ0n) is 7.39. The molecule has 0 radical (unpaired) electrons. The first-order valence-electron chi connectivity index (χ1n) is 3.42. The van der Waals surface area contributed by atoms with Crippen LogP contribution in [0, 0.1) is 0 Å². The van der Waals surface area contributed by atoms with Crippen molar-refractivity contribution in [2.45, 2.75) is 6.92 Å². The fraction of sp³-hybridized carbons (Fsp3) is 0.333. The minimum Gasteiger partial charge on any atom is -0.323 e. The lowest BCUT2D eigenvalue weighted by Crippen LogP contribution is -1.89. The minimum atomic E-state index is 1.01. The van der Waals surface area contributed by atoms with E-state index >= 15 is 0 Å². The normalized spacial score (nSPS) is 10.7. The number of hydrogen-bond acceptors (Lipinski definition) is 1. The molecule has 0 aromatic rings. The molecule has 1 N–H and O–H groups in total. The van der Waals surface area contributed by atoms with Gasteiger partial charge in [0.25, 0.3) is 0 Å². The van der Waals surface area contributed by atoms with Crippen molar-refractivity contribution < 1.29 is 0 Å². The molecule has 0 spiro atoms. The molecule has 0 fully saturated rings. The van der Waals surface area contributed by atoms with E-state index in [0.717, 1.165) is 4.48 Å². The topological polar surface area (TPSA) is 12.0 Å². The summed E-state index contributed by atoms with van der Waals surface area (Å²) < 4.78 is 1.01. The van der Waals surface area contributed by atoms with Crippen molar-refractivity contribution in [1.82, 2.24) is 5.32 Å². The Balaban J connectivity index is 0. The van der Waals surface area contributed by atoms with Crippen LogP contribution in [0.1, 0.15) is 6.92 Å². The lowest BCUT2D eigenvalue weighted by atomic mass is 10.4. The zero-order chi connectivity index (χ0) is 9.11. The molecule has 1 nitrogen and oxygen atoms in total. The molecular formula is C9H16BrN. The van der Waals surface area contributed by atoms with Crippen LogP contribution in [-0.4, -0.2) is 14.1 Å². The van der Waals surface area contributed by atoms with Crippen LogP contribution in [-0.2, 0) is 0 Å². The smallest absolute Gasteiger partial charge is 0.0169 e. The van der Waals surface area contributed by atoms with E-state index in [-0.39, 0.29) is 0 Å². The summed E-state index contributed by atoms with van der Waals surface area (Å²) in [5.41, 5.74) is 0. The van der Waals surface area contributed by atoms with E-state index in [1.807, 2.05) is 39.2 Å². The molecule has 0 aromatic carbocycles. The van der Waals surface area contributed by atoms with E-state index in [1.165, 1.54) is 0 Å². The summed E-state index contributed by atoms with van der Waals surface area (Å²) >= 11 is 3.27. The Bertz CT molecular complexity index is 136. The third kappa shape index (κ3) is 17.7. The maximum atomic E-state index is 3.56. The van der Waals surface area contributed by atoms with E-state index in [0.29, 0.717) is 0 Å². The first kappa shape index (κ1) is 13.3. The molecule has 0 amide bonds. The van der Waals surface area contributed by atoms with Gasteiger partial charge in [-0.2, -0.15) is 0 Å². The number of hydrogen-bond donors (Lipinski definition) is 1. The summed E-state index contributed by atoms with van der Waals surface area (Å²) in [4.78, 5) is 0. The average Bonchev–Trinajstić information content (AvgIpc) is 2.02. The summed E-state index contributed by atoms with van der Waals surface area (Å²) in [6.45, 7) is 5.54. The van der Waals surface area contributed by atoms with Gasteiger partial charge in [0.05, 0.1) is 0 Å². The maximum absolute atomic E-state index is 3.56. The van der Waals surface area contributed by atoms with Crippen molar-refractivity contribution in [1.29, 1.82) is 0 Å². The fourth-order valence-electron chi connectivity index (χ4n) is 0.256. The predicted octanol–water partition coefficient (Wildman–Crippen LogP) is 2.86. The number of nitrogens with one attached hydrogen (secondary N) is 1. The van der Waals surface area contributed by atoms with E-state index < -0.39 is 0 Å². The van der Waals surface area contributed by atoms with Gasteiger partial charge in [0, 0.05) is 4.48 Å². The van der Waals surface area contributed by atoms with Crippen molar-refractivity contribution in [3.63, 3.8) is 0 Å². The molecule has 0 saturated carbocycles. The molecule has 0 aliphatic carbocycles. The SMILES string of the molecule is C=C/C(Br)=C\C=C/C.CNC. The van der Waals surface area contributed by atoms with Gasteiger partial charge in [-0.1, -0.05) is 40.7 Å². The molecule has 2 heteroatoms. The van der Waals surface area contributed by atoms with Crippen LogP contribution in [0.4, 0.5) is 0 Å². The highest BCUT2D eigenvalue weighted by molar-refractivity contribution is 9.11. The third-order valence-electron chi connectivity index (χ3n) is 0.643. The second-order valence-corrected chi connectivity index (χ2v) is 2.70. The highest BCUT2D eigenvalue weighted by Crippen LogP contribution is 2.03. The van der Waals surface area contributed by atoms with Gasteiger partial charge in [-0.25, -0.2) is 0 Å². The van der Waals surface area contributed by atoms with Crippen LogP contribution < -0.4 is 5.32 Å². The Labute approximate surface area is 78.0 Å². The molecule has 0 rings (SSSR count). The summed E-state index contributed by atoms with van der Waals surface area (Å²) in [5, 5.41) is 2.75. The highest BCUT2D eigenvalue weighted by Gasteiger charge is 1.73. The van der Waals surface area contributed by atoms with Gasteiger partial charge in [-0.05, 0) is 27.1 Å². The molecule has 0 unspecified atom stereocenters. The van der Waals surface area contributed by atoms with Crippen LogP contribution in [0.2, 0.25) is 0 Å². The molecule has 0 aromatic heterocycles. The number of rotatable bonds is 2. The largest absolute Gasteiger partial charge is 0.323 e. The Morgan fingerprint density at radius 2 is 1.91 bits per heavy atom. The molecule has 0 bridgehead atoms. The van der Waals surface area contributed by atoms with E-state index in [4.69, 9.17) is 0 Å². The number of allylic oxidation sites excluding steroid dienone is 5. The van der Waals surface area contributed by atoms with Crippen molar-refractivity contribution in [2.75, 3.05) is 14.1 Å². The van der Waals surface area contributed by atoms with E-state index in [2.05, 4.69) is 27.8 Å². The lowest BCUT2D eigenvalue weighted by molar-refractivity contribution is 1.02. The van der Waals surface area contributed by atoms with E-state index in [9.17, 15) is 0 Å². The lowest BCUT2D eigenvalue weighted by Gasteiger charge is -1.78. The van der Waals surface area contributed by atoms with Gasteiger partial charge >= 0.3 is 0 Å². The second kappa shape index (κ2) is 12.3. The van der Waals surface area contributed by atoms with Gasteiger partial charge in [-0.3, -0.25) is 0 Å². The Hall–Kier alpha value is -0.340. The molecule has 0 atom stereocenters. The van der Waals surface area contributed by atoms with Crippen LogP contribution >= 0.6 is 15.9 Å². The van der Waals surface area contributed by atoms with Gasteiger partial charge in [0.2, 0.25) is 0 Å². The van der Waals surface area contributed by atoms with E-state index in [1.54, 1.807) is 6.08 Å². The monoisotopic (exact) mass is 217 g/mol. The van der Waals surface area contributed by atoms with Crippen molar-refractivity contribution in [3.8, 4) is 0 Å². The van der Waals surface area contributed by atoms with Gasteiger partial charge in [0.15, 0.2) is 0 Å². The zero-order valence-corrected chi connectivity index (χ0v) is 8.98. The molecular weight excluding hydrogens is 202 g/mol. The molecule has 0 heterocycles. The van der Waals surface area contributed by atoms with Gasteiger partial charge in [-0.15, -0.1) is 0 Å². The van der Waals surface area contributed by atoms with Crippen molar-refractivity contribution in [2.24, 2.45) is 0 Å². The minimum absolute atomic E-state index is 1.01. The van der Waals surface area contributed by atoms with Gasteiger partial charge in [0.1, 0.15) is 0 Å². The van der Waals surface area contributed by atoms with Gasteiger partial charge < -0.3 is 5.32 Å². The number of halogens is 1. The molecule has 0 saturated heterocycles. The highest BCUT2D eigenvalue weighted by atomic mass is 79.9. The van der Waals surface area contributed by atoms with Crippen LogP contribution in [0.3, 0.4) is 0 Å². The predicted molar refractivity (Wildman–Crippen MR) is 57.0 cm³/mol. The molecule has 11 heavy (non-hydrogen) atoms. The van der Waals surface area contributed by atoms with Crippen molar-refractivity contribution in [3.05, 3.63) is 35.4 Å². The third-order valence-corrected chi connectivity index (χ3v) is 1.23. The molecule has 64 valence electrons.